The predicted octanol–water partition coefficient (Wildman–Crippen LogP) is 6.11. The average Bonchev–Trinajstić information content (AvgIpc) is 3.35. The normalized spacial score (nSPS) is 44.3. The van der Waals surface area contributed by atoms with Gasteiger partial charge in [0.05, 0.1) is 0 Å². The second-order valence-corrected chi connectivity index (χ2v) is 11.5. The van der Waals surface area contributed by atoms with Crippen molar-refractivity contribution in [2.45, 2.75) is 103 Å². The number of alkyl carbamates (subject to hydrolysis) is 1. The maximum atomic E-state index is 12.9. The van der Waals surface area contributed by atoms with E-state index < -0.39 is 0 Å². The second kappa shape index (κ2) is 7.49. The lowest BCUT2D eigenvalue weighted by molar-refractivity contribution is -0.126. The number of hydrogen-bond acceptors (Lipinski definition) is 3. The van der Waals surface area contributed by atoms with Gasteiger partial charge in [-0.1, -0.05) is 45.3 Å². The Balaban J connectivity index is 1.37. The Morgan fingerprint density at radius 2 is 1.84 bits per heavy atom. The van der Waals surface area contributed by atoms with Crippen LogP contribution in [0.15, 0.2) is 23.8 Å². The van der Waals surface area contributed by atoms with Crippen LogP contribution in [0.2, 0.25) is 0 Å². The average molecular weight is 426 g/mol. The van der Waals surface area contributed by atoms with Crippen molar-refractivity contribution in [1.29, 1.82) is 0 Å². The minimum atomic E-state index is -0.347. The van der Waals surface area contributed by atoms with Gasteiger partial charge in [0.25, 0.3) is 0 Å². The van der Waals surface area contributed by atoms with E-state index in [4.69, 9.17) is 4.74 Å². The summed E-state index contributed by atoms with van der Waals surface area (Å²) in [7, 11) is 0. The minimum Gasteiger partial charge on any atom is -0.442 e. The number of allylic oxidation sites excluding steroid dienone is 4. The van der Waals surface area contributed by atoms with Crippen LogP contribution in [0.3, 0.4) is 0 Å². The molecular formula is C27H39NO3. The Kier molecular flexibility index (Phi) is 5.14. The monoisotopic (exact) mass is 425 g/mol. The topological polar surface area (TPSA) is 55.4 Å². The van der Waals surface area contributed by atoms with Crippen molar-refractivity contribution in [2.75, 3.05) is 0 Å². The lowest BCUT2D eigenvalue weighted by atomic mass is 9.47. The molecule has 4 heteroatoms. The van der Waals surface area contributed by atoms with Gasteiger partial charge in [0, 0.05) is 16.9 Å². The van der Waals surface area contributed by atoms with Crippen LogP contribution in [0, 0.1) is 28.6 Å². The summed E-state index contributed by atoms with van der Waals surface area (Å²) in [6.07, 6.45) is 17.8. The first-order valence-electron chi connectivity index (χ1n) is 12.7. The molecule has 0 aromatic carbocycles. The number of nitrogens with one attached hydrogen (secondary N) is 1. The molecule has 0 bridgehead atoms. The zero-order valence-electron chi connectivity index (χ0n) is 19.5. The van der Waals surface area contributed by atoms with Gasteiger partial charge in [0.2, 0.25) is 0 Å². The molecule has 5 rings (SSSR count). The first-order valence-corrected chi connectivity index (χ1v) is 12.7. The molecule has 0 spiro atoms. The van der Waals surface area contributed by atoms with E-state index in [0.717, 1.165) is 51.4 Å². The zero-order chi connectivity index (χ0) is 21.9. The van der Waals surface area contributed by atoms with Crippen molar-refractivity contribution < 1.29 is 14.3 Å². The van der Waals surface area contributed by atoms with E-state index >= 15 is 0 Å². The highest BCUT2D eigenvalue weighted by atomic mass is 16.6. The third-order valence-corrected chi connectivity index (χ3v) is 10.4. The quantitative estimate of drug-likeness (QED) is 0.593. The molecule has 0 radical (unpaired) electrons. The summed E-state index contributed by atoms with van der Waals surface area (Å²) in [5, 5.41) is 3.17. The van der Waals surface area contributed by atoms with E-state index in [0.29, 0.717) is 23.8 Å². The number of amides is 1. The summed E-state index contributed by atoms with van der Waals surface area (Å²) in [4.78, 5) is 24.9. The highest BCUT2D eigenvalue weighted by Gasteiger charge is 2.65. The van der Waals surface area contributed by atoms with Crippen LogP contribution in [-0.2, 0) is 9.53 Å². The first-order chi connectivity index (χ1) is 14.8. The third kappa shape index (κ3) is 3.15. The van der Waals surface area contributed by atoms with Crippen LogP contribution in [0.25, 0.3) is 0 Å². The number of carbonyl (C=O) groups excluding carboxylic acids is 2. The summed E-state index contributed by atoms with van der Waals surface area (Å²) in [5.74, 6) is 1.98. The zero-order valence-corrected chi connectivity index (χ0v) is 19.5. The van der Waals surface area contributed by atoms with Gasteiger partial charge in [-0.15, -0.1) is 0 Å². The highest BCUT2D eigenvalue weighted by Crippen LogP contribution is 2.68. The molecule has 4 nitrogen and oxygen atoms in total. The molecule has 4 fully saturated rings. The van der Waals surface area contributed by atoms with Gasteiger partial charge in [-0.2, -0.15) is 0 Å². The number of hydrogen-bond donors (Lipinski definition) is 1. The van der Waals surface area contributed by atoms with Crippen molar-refractivity contribution in [1.82, 2.24) is 5.32 Å². The maximum absolute atomic E-state index is 12.9. The number of ketones is 1. The summed E-state index contributed by atoms with van der Waals surface area (Å²) in [6.45, 7) is 6.98. The number of fused-ring (bicyclic) bond motifs is 5. The molecule has 0 aliphatic heterocycles. The van der Waals surface area contributed by atoms with E-state index in [-0.39, 0.29) is 28.3 Å². The molecule has 3 unspecified atom stereocenters. The van der Waals surface area contributed by atoms with Crippen LogP contribution >= 0.6 is 0 Å². The Morgan fingerprint density at radius 3 is 2.58 bits per heavy atom. The lowest BCUT2D eigenvalue weighted by Crippen LogP contribution is -2.56. The summed E-state index contributed by atoms with van der Waals surface area (Å²) < 4.78 is 6.39. The van der Waals surface area contributed by atoms with Crippen molar-refractivity contribution in [3.63, 3.8) is 0 Å². The van der Waals surface area contributed by atoms with Crippen LogP contribution in [0.5, 0.6) is 0 Å². The van der Waals surface area contributed by atoms with Gasteiger partial charge < -0.3 is 10.1 Å². The van der Waals surface area contributed by atoms with Gasteiger partial charge in [-0.25, -0.2) is 4.79 Å². The molecule has 5 aliphatic rings. The van der Waals surface area contributed by atoms with Crippen molar-refractivity contribution in [3.8, 4) is 0 Å². The van der Waals surface area contributed by atoms with Crippen LogP contribution < -0.4 is 5.32 Å². The van der Waals surface area contributed by atoms with E-state index in [1.54, 1.807) is 6.08 Å². The van der Waals surface area contributed by atoms with Crippen molar-refractivity contribution in [2.24, 2.45) is 28.6 Å². The molecule has 0 heterocycles. The Labute approximate surface area is 187 Å². The molecule has 170 valence electrons. The Bertz CT molecular complexity index is 824. The molecule has 1 amide bonds. The molecule has 6 atom stereocenters. The van der Waals surface area contributed by atoms with E-state index in [1.165, 1.54) is 24.8 Å². The molecule has 0 saturated heterocycles. The fourth-order valence-electron chi connectivity index (χ4n) is 8.55. The first kappa shape index (κ1) is 21.3. The summed E-state index contributed by atoms with van der Waals surface area (Å²) in [6, 6.07) is 0.298. The molecular weight excluding hydrogens is 386 g/mol. The van der Waals surface area contributed by atoms with E-state index in [2.05, 4.69) is 32.2 Å². The molecule has 1 N–H and O–H groups in total. The standard InChI is InChI=1S/C27H39NO3/c1-4-27(31-24(30)28-19-7-5-6-8-19)16-13-23-21-10-9-18-17-20(29)11-14-25(18,2)22(21)12-15-26(23,27)3/h11,14,17,19,21-23H,4-10,12-13,15-16H2,1-3H3,(H,28,30)/t21?,22?,23?,25-,26-,27-/m0/s1. The fraction of sp³-hybridized carbons (Fsp3) is 0.778. The molecule has 5 aliphatic carbocycles. The third-order valence-electron chi connectivity index (χ3n) is 10.4. The van der Waals surface area contributed by atoms with Gasteiger partial charge in [0.1, 0.15) is 5.60 Å². The molecule has 0 aromatic heterocycles. The van der Waals surface area contributed by atoms with Gasteiger partial charge in [-0.05, 0) is 87.7 Å². The van der Waals surface area contributed by atoms with Gasteiger partial charge >= 0.3 is 6.09 Å². The van der Waals surface area contributed by atoms with Crippen LogP contribution in [-0.4, -0.2) is 23.5 Å². The van der Waals surface area contributed by atoms with E-state index in [1.807, 2.05) is 6.08 Å². The lowest BCUT2D eigenvalue weighted by Gasteiger charge is -2.58. The molecule has 4 saturated carbocycles. The second-order valence-electron chi connectivity index (χ2n) is 11.5. The Morgan fingerprint density at radius 1 is 1.10 bits per heavy atom. The van der Waals surface area contributed by atoms with E-state index in [9.17, 15) is 9.59 Å². The molecule has 31 heavy (non-hydrogen) atoms. The largest absolute Gasteiger partial charge is 0.442 e. The van der Waals surface area contributed by atoms with Crippen LogP contribution in [0.4, 0.5) is 4.79 Å². The highest BCUT2D eigenvalue weighted by molar-refractivity contribution is 6.01. The van der Waals surface area contributed by atoms with Crippen molar-refractivity contribution >= 4 is 11.9 Å². The smallest absolute Gasteiger partial charge is 0.407 e. The number of ether oxygens (including phenoxy) is 1. The SMILES string of the molecule is CC[C@]1(OC(=O)NC2CCCC2)CCC2C3CCC4=CC(=O)C=C[C@]4(C)C3CC[C@@]21C. The maximum Gasteiger partial charge on any atom is 0.407 e. The van der Waals surface area contributed by atoms with Crippen LogP contribution in [0.1, 0.15) is 91.4 Å². The summed E-state index contributed by atoms with van der Waals surface area (Å²) >= 11 is 0. The van der Waals surface area contributed by atoms with Crippen molar-refractivity contribution in [3.05, 3.63) is 23.8 Å². The number of rotatable bonds is 3. The van der Waals surface area contributed by atoms with Gasteiger partial charge in [0.15, 0.2) is 5.78 Å². The fourth-order valence-corrected chi connectivity index (χ4v) is 8.55. The molecule has 0 aromatic rings. The minimum absolute atomic E-state index is 0.0241. The van der Waals surface area contributed by atoms with Gasteiger partial charge in [-0.3, -0.25) is 4.79 Å². The summed E-state index contributed by atoms with van der Waals surface area (Å²) in [5.41, 5.74) is 1.07. The number of carbonyl (C=O) groups is 2. The predicted molar refractivity (Wildman–Crippen MR) is 122 cm³/mol. The Hall–Kier alpha value is -1.58.